The van der Waals surface area contributed by atoms with Crippen molar-refractivity contribution >= 4 is 11.9 Å². The van der Waals surface area contributed by atoms with Crippen LogP contribution in [0.1, 0.15) is 27.7 Å². The van der Waals surface area contributed by atoms with Crippen LogP contribution in [0.25, 0.3) is 0 Å². The fourth-order valence-corrected chi connectivity index (χ4v) is 1.10. The van der Waals surface area contributed by atoms with Crippen LogP contribution in [0, 0.1) is 0 Å². The summed E-state index contributed by atoms with van der Waals surface area (Å²) in [7, 11) is 0. The lowest BCUT2D eigenvalue weighted by Gasteiger charge is -2.20. The second-order valence-electron chi connectivity index (χ2n) is 3.30. The summed E-state index contributed by atoms with van der Waals surface area (Å²) in [5.41, 5.74) is 0. The number of esters is 2. The Kier molecular flexibility index (Phi) is 6.92. The van der Waals surface area contributed by atoms with Crippen LogP contribution in [0.15, 0.2) is 24.3 Å². The maximum atomic E-state index is 10.9. The van der Waals surface area contributed by atoms with Gasteiger partial charge in [0, 0.05) is 13.8 Å². The average Bonchev–Trinajstić information content (AvgIpc) is 2.14. The van der Waals surface area contributed by atoms with Crippen molar-refractivity contribution in [2.24, 2.45) is 0 Å². The van der Waals surface area contributed by atoms with Crippen molar-refractivity contribution in [3.63, 3.8) is 0 Å². The first-order valence-corrected chi connectivity index (χ1v) is 5.11. The standard InChI is InChI=1S/C12H18O4/c1-5-6-7-8-12(16-11(4)14)9(2)15-10(3)13/h5-9,12H,1-4H3/b6-5+,8-7+. The van der Waals surface area contributed by atoms with Gasteiger partial charge in [0.25, 0.3) is 0 Å². The Morgan fingerprint density at radius 1 is 1.06 bits per heavy atom. The molecule has 0 heterocycles. The van der Waals surface area contributed by atoms with Crippen molar-refractivity contribution in [3.8, 4) is 0 Å². The summed E-state index contributed by atoms with van der Waals surface area (Å²) in [5.74, 6) is -0.807. The molecule has 0 rings (SSSR count). The summed E-state index contributed by atoms with van der Waals surface area (Å²) in [6.07, 6.45) is 6.01. The van der Waals surface area contributed by atoms with Crippen molar-refractivity contribution < 1.29 is 19.1 Å². The third-order valence-corrected chi connectivity index (χ3v) is 1.72. The molecule has 0 bridgehead atoms. The van der Waals surface area contributed by atoms with Crippen LogP contribution in [-0.4, -0.2) is 24.1 Å². The quantitative estimate of drug-likeness (QED) is 0.531. The number of carbonyl (C=O) groups excluding carboxylic acids is 2. The minimum Gasteiger partial charge on any atom is -0.459 e. The van der Waals surface area contributed by atoms with E-state index in [4.69, 9.17) is 9.47 Å². The van der Waals surface area contributed by atoms with Gasteiger partial charge in [-0.15, -0.1) is 0 Å². The first kappa shape index (κ1) is 14.4. The van der Waals surface area contributed by atoms with Crippen molar-refractivity contribution in [3.05, 3.63) is 24.3 Å². The van der Waals surface area contributed by atoms with Gasteiger partial charge in [-0.25, -0.2) is 0 Å². The zero-order chi connectivity index (χ0) is 12.6. The van der Waals surface area contributed by atoms with Crippen LogP contribution in [0.4, 0.5) is 0 Å². The highest BCUT2D eigenvalue weighted by Crippen LogP contribution is 2.07. The van der Waals surface area contributed by atoms with Gasteiger partial charge >= 0.3 is 11.9 Å². The molecule has 0 radical (unpaired) electrons. The number of hydrogen-bond acceptors (Lipinski definition) is 4. The second kappa shape index (κ2) is 7.68. The van der Waals surface area contributed by atoms with Crippen LogP contribution in [0.5, 0.6) is 0 Å². The molecule has 0 aliphatic carbocycles. The van der Waals surface area contributed by atoms with E-state index in [0.717, 1.165) is 0 Å². The van der Waals surface area contributed by atoms with Gasteiger partial charge in [0.1, 0.15) is 6.10 Å². The van der Waals surface area contributed by atoms with Gasteiger partial charge in [-0.05, 0) is 19.9 Å². The summed E-state index contributed by atoms with van der Waals surface area (Å²) in [4.78, 5) is 21.6. The molecule has 90 valence electrons. The van der Waals surface area contributed by atoms with E-state index in [1.54, 1.807) is 25.2 Å². The highest BCUT2D eigenvalue weighted by Gasteiger charge is 2.19. The van der Waals surface area contributed by atoms with Gasteiger partial charge in [0.15, 0.2) is 6.10 Å². The molecule has 4 heteroatoms. The van der Waals surface area contributed by atoms with E-state index in [0.29, 0.717) is 0 Å². The maximum absolute atomic E-state index is 10.9. The molecular formula is C12H18O4. The van der Waals surface area contributed by atoms with E-state index < -0.39 is 24.1 Å². The number of ether oxygens (including phenoxy) is 2. The molecule has 16 heavy (non-hydrogen) atoms. The molecule has 0 aliphatic rings. The molecule has 0 aromatic rings. The van der Waals surface area contributed by atoms with Gasteiger partial charge < -0.3 is 9.47 Å². The second-order valence-corrected chi connectivity index (χ2v) is 3.30. The minimum absolute atomic E-state index is 0.399. The van der Waals surface area contributed by atoms with E-state index >= 15 is 0 Å². The highest BCUT2D eigenvalue weighted by atomic mass is 16.6. The van der Waals surface area contributed by atoms with Crippen molar-refractivity contribution in [2.45, 2.75) is 39.9 Å². The summed E-state index contributed by atoms with van der Waals surface area (Å²) >= 11 is 0. The molecule has 4 nitrogen and oxygen atoms in total. The Bertz CT molecular complexity index is 291. The molecule has 0 saturated carbocycles. The third-order valence-electron chi connectivity index (χ3n) is 1.72. The Labute approximate surface area is 95.9 Å². The van der Waals surface area contributed by atoms with E-state index in [9.17, 15) is 9.59 Å². The zero-order valence-corrected chi connectivity index (χ0v) is 10.1. The molecule has 0 saturated heterocycles. The Morgan fingerprint density at radius 2 is 1.62 bits per heavy atom. The lowest BCUT2D eigenvalue weighted by atomic mass is 10.2. The van der Waals surface area contributed by atoms with Gasteiger partial charge in [-0.3, -0.25) is 9.59 Å². The topological polar surface area (TPSA) is 52.6 Å². The van der Waals surface area contributed by atoms with Crippen LogP contribution in [-0.2, 0) is 19.1 Å². The molecule has 0 spiro atoms. The predicted molar refractivity (Wildman–Crippen MR) is 60.7 cm³/mol. The zero-order valence-electron chi connectivity index (χ0n) is 10.1. The lowest BCUT2D eigenvalue weighted by Crippen LogP contribution is -2.30. The van der Waals surface area contributed by atoms with E-state index in [-0.39, 0.29) is 0 Å². The van der Waals surface area contributed by atoms with Gasteiger partial charge in [-0.2, -0.15) is 0 Å². The third kappa shape index (κ3) is 6.81. The molecule has 2 unspecified atom stereocenters. The molecule has 0 aromatic carbocycles. The Morgan fingerprint density at radius 3 is 2.06 bits per heavy atom. The average molecular weight is 226 g/mol. The van der Waals surface area contributed by atoms with Crippen molar-refractivity contribution in [1.82, 2.24) is 0 Å². The number of carbonyl (C=O) groups is 2. The SMILES string of the molecule is C/C=C/C=C/C(OC(C)=O)C(C)OC(C)=O. The largest absolute Gasteiger partial charge is 0.459 e. The minimum atomic E-state index is -0.558. The fourth-order valence-electron chi connectivity index (χ4n) is 1.10. The van der Waals surface area contributed by atoms with E-state index in [2.05, 4.69) is 0 Å². The van der Waals surface area contributed by atoms with Gasteiger partial charge in [0.2, 0.25) is 0 Å². The summed E-state index contributed by atoms with van der Waals surface area (Å²) in [5, 5.41) is 0. The van der Waals surface area contributed by atoms with Crippen LogP contribution < -0.4 is 0 Å². The highest BCUT2D eigenvalue weighted by molar-refractivity contribution is 5.67. The summed E-state index contributed by atoms with van der Waals surface area (Å²) in [6, 6.07) is 0. The monoisotopic (exact) mass is 226 g/mol. The number of rotatable bonds is 5. The Hall–Kier alpha value is -1.58. The summed E-state index contributed by atoms with van der Waals surface area (Å²) < 4.78 is 9.98. The fraction of sp³-hybridized carbons (Fsp3) is 0.500. The van der Waals surface area contributed by atoms with E-state index in [1.807, 2.05) is 13.0 Å². The van der Waals surface area contributed by atoms with Crippen molar-refractivity contribution in [1.29, 1.82) is 0 Å². The number of allylic oxidation sites excluding steroid dienone is 3. The Balaban J connectivity index is 4.51. The van der Waals surface area contributed by atoms with Crippen LogP contribution in [0.3, 0.4) is 0 Å². The molecule has 0 aliphatic heterocycles. The smallest absolute Gasteiger partial charge is 0.303 e. The molecule has 2 atom stereocenters. The van der Waals surface area contributed by atoms with Gasteiger partial charge in [-0.1, -0.05) is 18.2 Å². The lowest BCUT2D eigenvalue weighted by molar-refractivity contribution is -0.160. The predicted octanol–water partition coefficient (Wildman–Crippen LogP) is 2.00. The molecule has 0 amide bonds. The summed E-state index contributed by atoms with van der Waals surface area (Å²) in [6.45, 7) is 6.18. The molecular weight excluding hydrogens is 208 g/mol. The van der Waals surface area contributed by atoms with Crippen LogP contribution in [0.2, 0.25) is 0 Å². The molecule has 0 aromatic heterocycles. The maximum Gasteiger partial charge on any atom is 0.303 e. The van der Waals surface area contributed by atoms with Crippen LogP contribution >= 0.6 is 0 Å². The van der Waals surface area contributed by atoms with Gasteiger partial charge in [0.05, 0.1) is 0 Å². The van der Waals surface area contributed by atoms with Crippen molar-refractivity contribution in [2.75, 3.05) is 0 Å². The molecule has 0 fully saturated rings. The first-order chi connectivity index (χ1) is 7.47. The molecule has 0 N–H and O–H groups in total. The first-order valence-electron chi connectivity index (χ1n) is 5.11. The van der Waals surface area contributed by atoms with E-state index in [1.165, 1.54) is 13.8 Å². The normalized spacial score (nSPS) is 15.0. The number of hydrogen-bond donors (Lipinski definition) is 0.